The number of rotatable bonds is 6. The molecule has 0 saturated heterocycles. The van der Waals surface area contributed by atoms with E-state index < -0.39 is 22.7 Å². The van der Waals surface area contributed by atoms with E-state index in [1.54, 1.807) is 13.8 Å². The van der Waals surface area contributed by atoms with Gasteiger partial charge in [0.25, 0.3) is 0 Å². The number of halogens is 3. The van der Waals surface area contributed by atoms with Crippen LogP contribution in [0.5, 0.6) is 0 Å². The summed E-state index contributed by atoms with van der Waals surface area (Å²) in [6.45, 7) is 1.17. The minimum Gasteiger partial charge on any atom is -0.392 e. The number of aliphatic hydroxyl groups is 1. The number of sulfonamides is 1. The summed E-state index contributed by atoms with van der Waals surface area (Å²) >= 11 is 0. The Labute approximate surface area is 122 Å². The maximum atomic E-state index is 12.5. The second-order valence-corrected chi connectivity index (χ2v) is 6.64. The fraction of sp³-hybridized carbons (Fsp3) is 0.538. The Morgan fingerprint density at radius 2 is 1.90 bits per heavy atom. The van der Waals surface area contributed by atoms with Gasteiger partial charge in [-0.15, -0.1) is 0 Å². The van der Waals surface area contributed by atoms with E-state index in [1.807, 2.05) is 0 Å². The van der Waals surface area contributed by atoms with Crippen molar-refractivity contribution >= 4 is 10.0 Å². The number of alkyl halides is 3. The number of nitrogens with zero attached hydrogens (tertiary/aromatic N) is 1. The molecule has 0 aliphatic carbocycles. The number of hydrogen-bond donors (Lipinski definition) is 1. The van der Waals surface area contributed by atoms with Crippen molar-refractivity contribution in [2.75, 3.05) is 13.1 Å². The number of aryl methyl sites for hydroxylation is 1. The molecule has 0 aliphatic rings. The quantitative estimate of drug-likeness (QED) is 0.874. The molecule has 1 rings (SSSR count). The van der Waals surface area contributed by atoms with Crippen LogP contribution < -0.4 is 0 Å². The lowest BCUT2D eigenvalue weighted by atomic mass is 10.1. The van der Waals surface area contributed by atoms with Crippen molar-refractivity contribution in [1.29, 1.82) is 0 Å². The van der Waals surface area contributed by atoms with Crippen molar-refractivity contribution in [2.24, 2.45) is 0 Å². The summed E-state index contributed by atoms with van der Waals surface area (Å²) in [5.74, 6) is 0. The zero-order chi connectivity index (χ0) is 16.3. The van der Waals surface area contributed by atoms with Crippen LogP contribution in [0.15, 0.2) is 23.1 Å². The molecule has 120 valence electrons. The maximum Gasteiger partial charge on any atom is 0.402 e. The van der Waals surface area contributed by atoms with Gasteiger partial charge in [-0.25, -0.2) is 8.42 Å². The summed E-state index contributed by atoms with van der Waals surface area (Å²) in [6.07, 6.45) is -4.33. The van der Waals surface area contributed by atoms with E-state index in [0.717, 1.165) is 0 Å². The van der Waals surface area contributed by atoms with Crippen LogP contribution in [-0.4, -0.2) is 37.1 Å². The summed E-state index contributed by atoms with van der Waals surface area (Å²) in [4.78, 5) is -0.241. The number of aliphatic hydroxyl groups excluding tert-OH is 1. The van der Waals surface area contributed by atoms with E-state index in [-0.39, 0.29) is 24.5 Å². The van der Waals surface area contributed by atoms with Crippen LogP contribution in [0.1, 0.15) is 24.5 Å². The summed E-state index contributed by atoms with van der Waals surface area (Å²) in [5, 5.41) is 9.15. The lowest BCUT2D eigenvalue weighted by Gasteiger charge is -2.23. The van der Waals surface area contributed by atoms with E-state index in [9.17, 15) is 21.6 Å². The van der Waals surface area contributed by atoms with E-state index in [1.165, 1.54) is 18.2 Å². The first-order valence-corrected chi connectivity index (χ1v) is 7.83. The molecule has 1 aromatic carbocycles. The molecule has 1 aromatic rings. The van der Waals surface area contributed by atoms with Gasteiger partial charge in [0.15, 0.2) is 0 Å². The number of hydrogen-bond acceptors (Lipinski definition) is 3. The molecule has 0 saturated carbocycles. The highest BCUT2D eigenvalue weighted by Crippen LogP contribution is 2.24. The molecule has 0 heterocycles. The van der Waals surface area contributed by atoms with Gasteiger partial charge in [-0.3, -0.25) is 0 Å². The molecule has 21 heavy (non-hydrogen) atoms. The molecule has 0 bridgehead atoms. The largest absolute Gasteiger partial charge is 0.402 e. The Kier molecular flexibility index (Phi) is 5.77. The molecule has 0 amide bonds. The standard InChI is InChI=1S/C13H18F3NO3S/c1-3-6-17(9-13(14,15)16)21(19,20)12-5-4-10(2)11(7-12)8-18/h4-5,7,18H,3,6,8-9H2,1-2H3. The normalized spacial score (nSPS) is 12.9. The molecular weight excluding hydrogens is 307 g/mol. The van der Waals surface area contributed by atoms with Crippen LogP contribution in [0, 0.1) is 6.92 Å². The SMILES string of the molecule is CCCN(CC(F)(F)F)S(=O)(=O)c1ccc(C)c(CO)c1. The van der Waals surface area contributed by atoms with Crippen molar-refractivity contribution in [3.05, 3.63) is 29.3 Å². The monoisotopic (exact) mass is 325 g/mol. The fourth-order valence-corrected chi connectivity index (χ4v) is 3.43. The lowest BCUT2D eigenvalue weighted by molar-refractivity contribution is -0.136. The van der Waals surface area contributed by atoms with E-state index >= 15 is 0 Å². The van der Waals surface area contributed by atoms with Gasteiger partial charge in [0.05, 0.1) is 11.5 Å². The lowest BCUT2D eigenvalue weighted by Crippen LogP contribution is -2.39. The van der Waals surface area contributed by atoms with Crippen molar-refractivity contribution in [2.45, 2.75) is 37.9 Å². The zero-order valence-electron chi connectivity index (χ0n) is 11.8. The third-order valence-corrected chi connectivity index (χ3v) is 4.80. The molecule has 0 unspecified atom stereocenters. The Bertz CT molecular complexity index is 585. The van der Waals surface area contributed by atoms with Crippen molar-refractivity contribution in [3.8, 4) is 0 Å². The summed E-state index contributed by atoms with van der Waals surface area (Å²) in [6, 6.07) is 3.93. The maximum absolute atomic E-state index is 12.5. The van der Waals surface area contributed by atoms with Gasteiger partial charge in [-0.05, 0) is 36.6 Å². The highest BCUT2D eigenvalue weighted by Gasteiger charge is 2.36. The van der Waals surface area contributed by atoms with Crippen LogP contribution in [0.25, 0.3) is 0 Å². The fourth-order valence-electron chi connectivity index (χ4n) is 1.86. The smallest absolute Gasteiger partial charge is 0.392 e. The first kappa shape index (κ1) is 17.9. The van der Waals surface area contributed by atoms with Gasteiger partial charge in [0.2, 0.25) is 10.0 Å². The average molecular weight is 325 g/mol. The van der Waals surface area contributed by atoms with Crippen LogP contribution in [-0.2, 0) is 16.6 Å². The van der Waals surface area contributed by atoms with Gasteiger partial charge >= 0.3 is 6.18 Å². The van der Waals surface area contributed by atoms with Crippen molar-refractivity contribution in [1.82, 2.24) is 4.31 Å². The summed E-state index contributed by atoms with van der Waals surface area (Å²) in [7, 11) is -4.24. The minimum atomic E-state index is -4.60. The van der Waals surface area contributed by atoms with Crippen LogP contribution in [0.4, 0.5) is 13.2 Å². The highest BCUT2D eigenvalue weighted by molar-refractivity contribution is 7.89. The molecule has 0 aliphatic heterocycles. The molecular formula is C13H18F3NO3S. The van der Waals surface area contributed by atoms with Gasteiger partial charge in [-0.1, -0.05) is 13.0 Å². The van der Waals surface area contributed by atoms with Crippen molar-refractivity contribution < 1.29 is 26.7 Å². The van der Waals surface area contributed by atoms with E-state index in [4.69, 9.17) is 5.11 Å². The molecule has 0 radical (unpaired) electrons. The van der Waals surface area contributed by atoms with Gasteiger partial charge in [-0.2, -0.15) is 17.5 Å². The third-order valence-electron chi connectivity index (χ3n) is 2.96. The molecule has 0 aromatic heterocycles. The van der Waals surface area contributed by atoms with Gasteiger partial charge in [0, 0.05) is 6.54 Å². The van der Waals surface area contributed by atoms with Crippen LogP contribution >= 0.6 is 0 Å². The average Bonchev–Trinajstić information content (AvgIpc) is 2.37. The van der Waals surface area contributed by atoms with Crippen LogP contribution in [0.2, 0.25) is 0 Å². The topological polar surface area (TPSA) is 57.6 Å². The Hall–Kier alpha value is -1.12. The van der Waals surface area contributed by atoms with Gasteiger partial charge in [0.1, 0.15) is 6.54 Å². The zero-order valence-corrected chi connectivity index (χ0v) is 12.6. The molecule has 8 heteroatoms. The highest BCUT2D eigenvalue weighted by atomic mass is 32.2. The second kappa shape index (κ2) is 6.76. The molecule has 0 spiro atoms. The molecule has 0 atom stereocenters. The Morgan fingerprint density at radius 1 is 1.29 bits per heavy atom. The Morgan fingerprint density at radius 3 is 2.38 bits per heavy atom. The van der Waals surface area contributed by atoms with Gasteiger partial charge < -0.3 is 5.11 Å². The van der Waals surface area contributed by atoms with E-state index in [2.05, 4.69) is 0 Å². The minimum absolute atomic E-state index is 0.218. The van der Waals surface area contributed by atoms with Crippen molar-refractivity contribution in [3.63, 3.8) is 0 Å². The van der Waals surface area contributed by atoms with Crippen LogP contribution in [0.3, 0.4) is 0 Å². The third kappa shape index (κ3) is 4.69. The molecule has 4 nitrogen and oxygen atoms in total. The molecule has 0 fully saturated rings. The second-order valence-electron chi connectivity index (χ2n) is 4.70. The predicted octanol–water partition coefficient (Wildman–Crippen LogP) is 2.45. The van der Waals surface area contributed by atoms with E-state index in [0.29, 0.717) is 15.4 Å². The Balaban J connectivity index is 3.22. The first-order chi connectivity index (χ1) is 9.61. The first-order valence-electron chi connectivity index (χ1n) is 6.39. The number of benzene rings is 1. The molecule has 1 N–H and O–H groups in total. The summed E-state index contributed by atoms with van der Waals surface area (Å²) in [5.41, 5.74) is 1.05. The summed E-state index contributed by atoms with van der Waals surface area (Å²) < 4.78 is 62.7. The predicted molar refractivity (Wildman–Crippen MR) is 72.2 cm³/mol.